The Bertz CT molecular complexity index is 1640. The highest BCUT2D eigenvalue weighted by atomic mass is 32.2. The summed E-state index contributed by atoms with van der Waals surface area (Å²) < 4.78 is 32.1. The fourth-order valence-corrected chi connectivity index (χ4v) is 7.86. The number of nitrogens with one attached hydrogen (secondary N) is 2. The normalized spacial score (nSPS) is 21.9. The molecule has 2 fully saturated rings. The third kappa shape index (κ3) is 5.56. The van der Waals surface area contributed by atoms with Crippen LogP contribution in [-0.2, 0) is 16.4 Å². The Kier molecular flexibility index (Phi) is 7.80. The van der Waals surface area contributed by atoms with Crippen LogP contribution in [0, 0.1) is 0 Å². The molecule has 3 aliphatic rings. The van der Waals surface area contributed by atoms with E-state index in [0.29, 0.717) is 47.1 Å². The molecule has 0 saturated carbocycles. The van der Waals surface area contributed by atoms with E-state index in [4.69, 9.17) is 4.74 Å². The fraction of sp³-hybridized carbons (Fsp3) is 0.469. The van der Waals surface area contributed by atoms with Gasteiger partial charge in [-0.25, -0.2) is 13.4 Å². The Morgan fingerprint density at radius 2 is 1.79 bits per heavy atom. The number of aromatic nitrogens is 2. The SMILES string of the molecule is CC(C)Oc1cc2c(cc1Nc1nccc(Nc3ccccc3S(=O)(=O)C(C)C)n1)C(=O)N(C1CC3CCCC1N3C)C2. The molecule has 3 aromatic rings. The van der Waals surface area contributed by atoms with Crippen molar-refractivity contribution in [1.29, 1.82) is 0 Å². The van der Waals surface area contributed by atoms with Crippen molar-refractivity contribution in [1.82, 2.24) is 19.8 Å². The Morgan fingerprint density at radius 1 is 1.00 bits per heavy atom. The molecule has 6 rings (SSSR count). The van der Waals surface area contributed by atoms with Gasteiger partial charge >= 0.3 is 0 Å². The molecule has 0 aliphatic carbocycles. The van der Waals surface area contributed by atoms with E-state index in [1.54, 1.807) is 50.4 Å². The summed E-state index contributed by atoms with van der Waals surface area (Å²) in [6, 6.07) is 13.5. The number of piperidine rings is 1. The molecule has 2 N–H and O–H groups in total. The highest BCUT2D eigenvalue weighted by molar-refractivity contribution is 7.92. The van der Waals surface area contributed by atoms with Crippen LogP contribution in [0.1, 0.15) is 69.3 Å². The molecule has 2 aromatic carbocycles. The Hall–Kier alpha value is -3.70. The van der Waals surface area contributed by atoms with Crippen LogP contribution in [0.4, 0.5) is 23.1 Å². The van der Waals surface area contributed by atoms with Gasteiger partial charge in [-0.05, 0) is 89.9 Å². The minimum atomic E-state index is -3.51. The zero-order valence-electron chi connectivity index (χ0n) is 25.4. The molecule has 11 heteroatoms. The standard InChI is InChI=1S/C32H40N6O4S/c1-19(2)42-28-15-21-18-38(27-16-22-9-8-11-26(27)37(22)5)31(39)23(21)17-25(28)35-32-33-14-13-30(36-32)34-24-10-6-7-12-29(24)43(40,41)20(3)4/h6-7,10,12-15,17,19-20,22,26-27H,8-9,11,16,18H2,1-5H3,(H2,33,34,35,36). The molecule has 0 spiro atoms. The van der Waals surface area contributed by atoms with Crippen molar-refractivity contribution in [3.63, 3.8) is 0 Å². The second-order valence-electron chi connectivity index (χ2n) is 12.3. The van der Waals surface area contributed by atoms with Crippen LogP contribution in [0.5, 0.6) is 5.75 Å². The van der Waals surface area contributed by atoms with Crippen molar-refractivity contribution in [2.24, 2.45) is 0 Å². The van der Waals surface area contributed by atoms with Crippen LogP contribution in [-0.4, -0.2) is 70.6 Å². The van der Waals surface area contributed by atoms with Gasteiger partial charge in [0, 0.05) is 36.4 Å². The van der Waals surface area contributed by atoms with Crippen LogP contribution in [0.15, 0.2) is 53.6 Å². The zero-order chi connectivity index (χ0) is 30.5. The average Bonchev–Trinajstić information content (AvgIpc) is 3.33. The number of sulfone groups is 1. The summed E-state index contributed by atoms with van der Waals surface area (Å²) in [5.41, 5.74) is 2.68. The summed E-state index contributed by atoms with van der Waals surface area (Å²) >= 11 is 0. The predicted molar refractivity (Wildman–Crippen MR) is 167 cm³/mol. The number of anilines is 4. The second kappa shape index (κ2) is 11.4. The lowest BCUT2D eigenvalue weighted by Gasteiger charge is -2.34. The summed E-state index contributed by atoms with van der Waals surface area (Å²) in [6.07, 6.45) is 6.08. The molecule has 3 aliphatic heterocycles. The Balaban J connectivity index is 1.27. The Morgan fingerprint density at radius 3 is 2.53 bits per heavy atom. The van der Waals surface area contributed by atoms with Crippen molar-refractivity contribution in [2.45, 2.75) is 94.3 Å². The number of hydrogen-bond acceptors (Lipinski definition) is 9. The van der Waals surface area contributed by atoms with E-state index >= 15 is 0 Å². The summed E-state index contributed by atoms with van der Waals surface area (Å²) in [7, 11) is -1.31. The number of ether oxygens (including phenoxy) is 1. The lowest BCUT2D eigenvalue weighted by molar-refractivity contribution is 0.0642. The monoisotopic (exact) mass is 604 g/mol. The van der Waals surface area contributed by atoms with Gasteiger partial charge in [-0.3, -0.25) is 9.69 Å². The van der Waals surface area contributed by atoms with Crippen molar-refractivity contribution < 1.29 is 17.9 Å². The van der Waals surface area contributed by atoms with E-state index in [1.165, 1.54) is 12.8 Å². The maximum absolute atomic E-state index is 13.8. The highest BCUT2D eigenvalue weighted by Gasteiger charge is 2.47. The summed E-state index contributed by atoms with van der Waals surface area (Å²) in [6.45, 7) is 7.83. The summed E-state index contributed by atoms with van der Waals surface area (Å²) in [4.78, 5) is 27.5. The Labute approximate surface area is 253 Å². The average molecular weight is 605 g/mol. The first kappa shape index (κ1) is 29.4. The third-order valence-corrected chi connectivity index (χ3v) is 11.1. The van der Waals surface area contributed by atoms with Gasteiger partial charge in [0.1, 0.15) is 11.6 Å². The molecule has 10 nitrogen and oxygen atoms in total. The lowest BCUT2D eigenvalue weighted by atomic mass is 10.0. The molecule has 2 saturated heterocycles. The number of rotatable bonds is 9. The molecular weight excluding hydrogens is 564 g/mol. The molecule has 4 heterocycles. The summed E-state index contributed by atoms with van der Waals surface area (Å²) in [5, 5.41) is 5.84. The maximum Gasteiger partial charge on any atom is 0.254 e. The summed E-state index contributed by atoms with van der Waals surface area (Å²) in [5.74, 6) is 1.40. The van der Waals surface area contributed by atoms with Gasteiger partial charge < -0.3 is 20.3 Å². The minimum Gasteiger partial charge on any atom is -0.489 e. The fourth-order valence-electron chi connectivity index (χ4n) is 6.66. The second-order valence-corrected chi connectivity index (χ2v) is 14.8. The van der Waals surface area contributed by atoms with E-state index < -0.39 is 15.1 Å². The maximum atomic E-state index is 13.8. The molecule has 1 aromatic heterocycles. The number of carbonyl (C=O) groups excluding carboxylic acids is 1. The number of nitrogens with zero attached hydrogens (tertiary/aromatic N) is 4. The van der Waals surface area contributed by atoms with Crippen LogP contribution in [0.25, 0.3) is 0 Å². The number of carbonyl (C=O) groups is 1. The van der Waals surface area contributed by atoms with Gasteiger partial charge in [-0.2, -0.15) is 4.98 Å². The number of likely N-dealkylation sites (N-methyl/N-ethyl adjacent to an activating group) is 1. The van der Waals surface area contributed by atoms with Crippen LogP contribution < -0.4 is 15.4 Å². The minimum absolute atomic E-state index is 0.0550. The van der Waals surface area contributed by atoms with Crippen molar-refractivity contribution in [3.05, 3.63) is 59.8 Å². The number of fused-ring (bicyclic) bond motifs is 3. The van der Waals surface area contributed by atoms with Crippen molar-refractivity contribution in [3.8, 4) is 5.75 Å². The van der Waals surface area contributed by atoms with Crippen LogP contribution in [0.2, 0.25) is 0 Å². The first-order valence-corrected chi connectivity index (χ1v) is 16.6. The zero-order valence-corrected chi connectivity index (χ0v) is 26.2. The van der Waals surface area contributed by atoms with E-state index in [9.17, 15) is 13.2 Å². The van der Waals surface area contributed by atoms with Crippen molar-refractivity contribution >= 4 is 38.9 Å². The highest BCUT2D eigenvalue weighted by Crippen LogP contribution is 2.42. The number of benzene rings is 2. The van der Waals surface area contributed by atoms with E-state index in [1.807, 2.05) is 26.0 Å². The first-order chi connectivity index (χ1) is 20.5. The molecular formula is C32H40N6O4S. The largest absolute Gasteiger partial charge is 0.489 e. The quantitative estimate of drug-likeness (QED) is 0.326. The van der Waals surface area contributed by atoms with Crippen LogP contribution in [0.3, 0.4) is 0 Å². The van der Waals surface area contributed by atoms with E-state index in [-0.39, 0.29) is 28.9 Å². The topological polar surface area (TPSA) is 117 Å². The lowest BCUT2D eigenvalue weighted by Crippen LogP contribution is -2.45. The van der Waals surface area contributed by atoms with E-state index in [2.05, 4.69) is 37.4 Å². The molecule has 3 unspecified atom stereocenters. The molecule has 228 valence electrons. The molecule has 3 atom stereocenters. The smallest absolute Gasteiger partial charge is 0.254 e. The number of para-hydroxylation sites is 1. The van der Waals surface area contributed by atoms with Gasteiger partial charge in [0.2, 0.25) is 5.95 Å². The number of hydrogen-bond donors (Lipinski definition) is 2. The van der Waals surface area contributed by atoms with Gasteiger partial charge in [0.05, 0.1) is 27.6 Å². The number of amides is 1. The van der Waals surface area contributed by atoms with Gasteiger partial charge in [-0.15, -0.1) is 0 Å². The predicted octanol–water partition coefficient (Wildman–Crippen LogP) is 5.51. The van der Waals surface area contributed by atoms with Crippen LogP contribution >= 0.6 is 0 Å². The van der Waals surface area contributed by atoms with Gasteiger partial charge in [0.25, 0.3) is 5.91 Å². The molecule has 1 amide bonds. The first-order valence-electron chi connectivity index (χ1n) is 15.1. The van der Waals surface area contributed by atoms with Crippen molar-refractivity contribution in [2.75, 3.05) is 17.7 Å². The van der Waals surface area contributed by atoms with Gasteiger partial charge in [0.15, 0.2) is 9.84 Å². The third-order valence-electron chi connectivity index (χ3n) is 8.87. The molecule has 2 bridgehead atoms. The van der Waals surface area contributed by atoms with E-state index in [0.717, 1.165) is 18.4 Å². The molecule has 43 heavy (non-hydrogen) atoms. The van der Waals surface area contributed by atoms with Gasteiger partial charge in [-0.1, -0.05) is 18.6 Å². The molecule has 0 radical (unpaired) electrons.